The molecule has 1 saturated heterocycles. The van der Waals surface area contributed by atoms with Gasteiger partial charge in [0.2, 0.25) is 0 Å². The molecule has 0 saturated carbocycles. The van der Waals surface area contributed by atoms with Crippen LogP contribution in [0.15, 0.2) is 11.6 Å². The molecule has 0 aromatic heterocycles. The molecule has 2 rings (SSSR count). The second-order valence-electron chi connectivity index (χ2n) is 5.23. The summed E-state index contributed by atoms with van der Waals surface area (Å²) >= 11 is 0. The van der Waals surface area contributed by atoms with Gasteiger partial charge >= 0.3 is 7.75 Å². The smallest absolute Gasteiger partial charge is 0.295 e. The van der Waals surface area contributed by atoms with Crippen molar-refractivity contribution >= 4 is 18.7 Å². The number of nitrogens with zero attached hydrogens (tertiary/aromatic N) is 1. The fourth-order valence-electron chi connectivity index (χ4n) is 1.58. The van der Waals surface area contributed by atoms with E-state index >= 15 is 0 Å². The summed E-state index contributed by atoms with van der Waals surface area (Å²) in [6.07, 6.45) is 1.91. The first-order valence-corrected chi connectivity index (χ1v) is 8.31. The van der Waals surface area contributed by atoms with Gasteiger partial charge in [0, 0.05) is 12.0 Å². The zero-order chi connectivity index (χ0) is 12.7. The number of rotatable bonds is 1. The lowest BCUT2D eigenvalue weighted by atomic mass is 9.97. The molecule has 2 heterocycles. The van der Waals surface area contributed by atoms with E-state index in [1.807, 2.05) is 26.8 Å². The standard InChI is InChI=1S/C10H18NO4PS/c1-9-4-5-11(17(13)6-9)16(12)14-7-10(2,3)8-15-16/h4H,5-8H2,1-3H3. The van der Waals surface area contributed by atoms with Crippen molar-refractivity contribution in [3.05, 3.63) is 11.6 Å². The quantitative estimate of drug-likeness (QED) is 0.545. The Balaban J connectivity index is 2.13. The van der Waals surface area contributed by atoms with Gasteiger partial charge in [-0.3, -0.25) is 9.05 Å². The van der Waals surface area contributed by atoms with Crippen molar-refractivity contribution in [2.75, 3.05) is 25.5 Å². The molecule has 1 atom stereocenters. The Hall–Kier alpha value is -0.0000000000000000555. The van der Waals surface area contributed by atoms with E-state index in [-0.39, 0.29) is 5.41 Å². The van der Waals surface area contributed by atoms with Crippen LogP contribution >= 0.6 is 7.75 Å². The molecule has 0 N–H and O–H groups in total. The van der Waals surface area contributed by atoms with E-state index in [2.05, 4.69) is 0 Å². The Bertz CT molecular complexity index is 407. The molecule has 0 radical (unpaired) electrons. The van der Waals surface area contributed by atoms with Gasteiger partial charge in [0.1, 0.15) is 11.0 Å². The van der Waals surface area contributed by atoms with E-state index < -0.39 is 18.7 Å². The third-order valence-electron chi connectivity index (χ3n) is 2.69. The summed E-state index contributed by atoms with van der Waals surface area (Å²) in [6.45, 7) is 6.95. The van der Waals surface area contributed by atoms with Gasteiger partial charge in [0.05, 0.1) is 19.0 Å². The van der Waals surface area contributed by atoms with Crippen LogP contribution in [0, 0.1) is 5.41 Å². The van der Waals surface area contributed by atoms with Crippen molar-refractivity contribution in [2.45, 2.75) is 20.8 Å². The van der Waals surface area contributed by atoms with Gasteiger partial charge in [-0.2, -0.15) is 0 Å². The van der Waals surface area contributed by atoms with Gasteiger partial charge in [-0.05, 0) is 6.92 Å². The Labute approximate surface area is 104 Å². The summed E-state index contributed by atoms with van der Waals surface area (Å²) in [5.74, 6) is 0.403. The van der Waals surface area contributed by atoms with Crippen molar-refractivity contribution in [2.24, 2.45) is 5.41 Å². The zero-order valence-corrected chi connectivity index (χ0v) is 12.1. The van der Waals surface area contributed by atoms with Crippen LogP contribution in [-0.2, 0) is 24.6 Å². The maximum absolute atomic E-state index is 12.5. The second-order valence-corrected chi connectivity index (χ2v) is 8.81. The van der Waals surface area contributed by atoms with E-state index in [0.29, 0.717) is 25.5 Å². The van der Waals surface area contributed by atoms with Crippen LogP contribution in [0.5, 0.6) is 0 Å². The van der Waals surface area contributed by atoms with Gasteiger partial charge in [-0.1, -0.05) is 25.5 Å². The second kappa shape index (κ2) is 4.59. The summed E-state index contributed by atoms with van der Waals surface area (Å²) in [5.41, 5.74) is 0.903. The van der Waals surface area contributed by atoms with Crippen molar-refractivity contribution < 1.29 is 17.8 Å². The molecule has 1 unspecified atom stereocenters. The highest BCUT2D eigenvalue weighted by atomic mass is 32.2. The van der Waals surface area contributed by atoms with Gasteiger partial charge in [0.25, 0.3) is 0 Å². The topological polar surface area (TPSA) is 55.8 Å². The molecule has 0 aromatic rings. The molecule has 17 heavy (non-hydrogen) atoms. The average Bonchev–Trinajstić information content (AvgIpc) is 2.23. The maximum atomic E-state index is 12.5. The summed E-state index contributed by atoms with van der Waals surface area (Å²) in [6, 6.07) is 0. The van der Waals surface area contributed by atoms with Crippen molar-refractivity contribution in [3.63, 3.8) is 0 Å². The Morgan fingerprint density at radius 3 is 2.53 bits per heavy atom. The van der Waals surface area contributed by atoms with Crippen molar-refractivity contribution in [1.29, 1.82) is 0 Å². The van der Waals surface area contributed by atoms with Crippen LogP contribution in [0.25, 0.3) is 0 Å². The molecule has 98 valence electrons. The SMILES string of the molecule is CC1=CCN(P2(=O)OCC(C)(C)CO2)S(=O)C1. The number of hydrogen-bond acceptors (Lipinski definition) is 4. The monoisotopic (exact) mass is 279 g/mol. The first-order chi connectivity index (χ1) is 7.82. The van der Waals surface area contributed by atoms with Crippen molar-refractivity contribution in [3.8, 4) is 0 Å². The summed E-state index contributed by atoms with van der Waals surface area (Å²) in [4.78, 5) is 0. The van der Waals surface area contributed by atoms with Gasteiger partial charge in [0.15, 0.2) is 0 Å². The van der Waals surface area contributed by atoms with Crippen LogP contribution in [0.1, 0.15) is 20.8 Å². The van der Waals surface area contributed by atoms with E-state index in [1.54, 1.807) is 0 Å². The Morgan fingerprint density at radius 2 is 2.00 bits per heavy atom. The van der Waals surface area contributed by atoms with E-state index in [9.17, 15) is 8.77 Å². The summed E-state index contributed by atoms with van der Waals surface area (Å²) in [7, 11) is -4.68. The molecule has 0 aliphatic carbocycles. The van der Waals surface area contributed by atoms with E-state index in [4.69, 9.17) is 9.05 Å². The van der Waals surface area contributed by atoms with Crippen LogP contribution in [0.4, 0.5) is 0 Å². The first-order valence-electron chi connectivity index (χ1n) is 5.54. The maximum Gasteiger partial charge on any atom is 0.420 e. The lowest BCUT2D eigenvalue weighted by molar-refractivity contribution is 0.0302. The van der Waals surface area contributed by atoms with Crippen LogP contribution in [-0.4, -0.2) is 33.8 Å². The minimum absolute atomic E-state index is 0.142. The number of hydrogen-bond donors (Lipinski definition) is 0. The summed E-state index contributed by atoms with van der Waals surface area (Å²) in [5, 5.41) is 0. The summed E-state index contributed by atoms with van der Waals surface area (Å²) < 4.78 is 36.5. The molecular formula is C10H18NO4PS. The first kappa shape index (κ1) is 13.4. The molecule has 1 fully saturated rings. The molecule has 0 spiro atoms. The fraction of sp³-hybridized carbons (Fsp3) is 0.800. The Kier molecular flexibility index (Phi) is 3.63. The third kappa shape index (κ3) is 2.88. The largest absolute Gasteiger partial charge is 0.420 e. The molecular weight excluding hydrogens is 261 g/mol. The molecule has 0 aromatic carbocycles. The van der Waals surface area contributed by atoms with Crippen LogP contribution in [0.3, 0.4) is 0 Å². The molecule has 2 aliphatic heterocycles. The predicted octanol–water partition coefficient (Wildman–Crippen LogP) is 2.09. The molecule has 5 nitrogen and oxygen atoms in total. The van der Waals surface area contributed by atoms with E-state index in [1.165, 1.54) is 4.08 Å². The minimum atomic E-state index is -3.36. The fourth-order valence-corrected chi connectivity index (χ4v) is 5.46. The zero-order valence-electron chi connectivity index (χ0n) is 10.3. The van der Waals surface area contributed by atoms with Crippen LogP contribution in [0.2, 0.25) is 0 Å². The minimum Gasteiger partial charge on any atom is -0.295 e. The van der Waals surface area contributed by atoms with Crippen molar-refractivity contribution in [1.82, 2.24) is 4.08 Å². The lowest BCUT2D eigenvalue weighted by Gasteiger charge is -2.38. The molecule has 0 bridgehead atoms. The van der Waals surface area contributed by atoms with Gasteiger partial charge < -0.3 is 0 Å². The predicted molar refractivity (Wildman–Crippen MR) is 66.8 cm³/mol. The molecule has 0 amide bonds. The van der Waals surface area contributed by atoms with Crippen LogP contribution < -0.4 is 0 Å². The highest BCUT2D eigenvalue weighted by molar-refractivity contribution is 7.88. The third-order valence-corrected chi connectivity index (χ3v) is 6.78. The molecule has 2 aliphatic rings. The van der Waals surface area contributed by atoms with E-state index in [0.717, 1.165) is 5.57 Å². The normalized spacial score (nSPS) is 33.1. The lowest BCUT2D eigenvalue weighted by Crippen LogP contribution is -2.37. The van der Waals surface area contributed by atoms with Gasteiger partial charge in [-0.15, -0.1) is 4.08 Å². The highest BCUT2D eigenvalue weighted by Gasteiger charge is 2.44. The highest BCUT2D eigenvalue weighted by Crippen LogP contribution is 2.57. The Morgan fingerprint density at radius 1 is 1.41 bits per heavy atom. The molecule has 7 heteroatoms. The average molecular weight is 279 g/mol. The van der Waals surface area contributed by atoms with Gasteiger partial charge in [-0.25, -0.2) is 8.77 Å².